The highest BCUT2D eigenvalue weighted by molar-refractivity contribution is 5.76. The average molecular weight is 249 g/mol. The van der Waals surface area contributed by atoms with E-state index in [-0.39, 0.29) is 17.2 Å². The number of nitrogens with zero attached hydrogens (tertiary/aromatic N) is 1. The fourth-order valence-corrected chi connectivity index (χ4v) is 1.70. The number of rotatable bonds is 4. The maximum atomic E-state index is 13.4. The van der Waals surface area contributed by atoms with Crippen LogP contribution in [0.15, 0.2) is 18.2 Å². The van der Waals surface area contributed by atoms with E-state index in [1.165, 1.54) is 25.3 Å². The third-order valence-electron chi connectivity index (χ3n) is 2.82. The van der Waals surface area contributed by atoms with Crippen LogP contribution in [-0.2, 0) is 9.53 Å². The number of ether oxygens (including phenoxy) is 2. The number of carbonyl (C=O) groups is 1. The van der Waals surface area contributed by atoms with Gasteiger partial charge in [-0.25, -0.2) is 9.18 Å². The number of carbonyl (C=O) groups excluding carboxylic acids is 1. The van der Waals surface area contributed by atoms with Crippen LogP contribution >= 0.6 is 0 Å². The number of hydrogen-bond donors (Lipinski definition) is 0. The molecule has 2 rings (SSSR count). The molecule has 1 aliphatic rings. The average Bonchev–Trinajstić information content (AvgIpc) is 3.19. The third-order valence-corrected chi connectivity index (χ3v) is 2.82. The Balaban J connectivity index is 2.24. The van der Waals surface area contributed by atoms with Gasteiger partial charge in [-0.15, -0.1) is 0 Å². The summed E-state index contributed by atoms with van der Waals surface area (Å²) in [5.41, 5.74) is -0.188. The predicted molar refractivity (Wildman–Crippen MR) is 60.3 cm³/mol. The fraction of sp³-hybridized carbons (Fsp3) is 0.385. The zero-order valence-electron chi connectivity index (χ0n) is 9.85. The van der Waals surface area contributed by atoms with Crippen LogP contribution in [0.2, 0.25) is 0 Å². The Morgan fingerprint density at radius 2 is 2.28 bits per heavy atom. The van der Waals surface area contributed by atoms with Gasteiger partial charge in [0.15, 0.2) is 6.10 Å². The van der Waals surface area contributed by atoms with Crippen LogP contribution in [0.4, 0.5) is 4.39 Å². The highest BCUT2D eigenvalue weighted by atomic mass is 19.1. The number of esters is 1. The lowest BCUT2D eigenvalue weighted by Gasteiger charge is -2.17. The van der Waals surface area contributed by atoms with E-state index in [1.54, 1.807) is 6.07 Å². The Bertz CT molecular complexity index is 505. The monoisotopic (exact) mass is 249 g/mol. The summed E-state index contributed by atoms with van der Waals surface area (Å²) in [5, 5.41) is 8.88. The van der Waals surface area contributed by atoms with E-state index < -0.39 is 17.9 Å². The van der Waals surface area contributed by atoms with Crippen LogP contribution < -0.4 is 4.74 Å². The molecule has 0 aromatic heterocycles. The second kappa shape index (κ2) is 5.05. The van der Waals surface area contributed by atoms with Crippen molar-refractivity contribution in [2.75, 3.05) is 7.11 Å². The SMILES string of the molecule is COC(=O)C(Oc1cccc(F)c1C#N)C1CC1. The minimum atomic E-state index is -0.760. The van der Waals surface area contributed by atoms with Gasteiger partial charge >= 0.3 is 5.97 Å². The molecule has 18 heavy (non-hydrogen) atoms. The standard InChI is InChI=1S/C13H12FNO3/c1-17-13(16)12(8-5-6-8)18-11-4-2-3-10(14)9(11)7-15/h2-4,8,12H,5-6H2,1H3. The smallest absolute Gasteiger partial charge is 0.347 e. The van der Waals surface area contributed by atoms with E-state index in [2.05, 4.69) is 4.74 Å². The van der Waals surface area contributed by atoms with Crippen molar-refractivity contribution in [3.63, 3.8) is 0 Å². The first-order valence-electron chi connectivity index (χ1n) is 5.60. The summed E-state index contributed by atoms with van der Waals surface area (Å²) in [4.78, 5) is 11.6. The van der Waals surface area contributed by atoms with Gasteiger partial charge in [-0.1, -0.05) is 6.07 Å². The van der Waals surface area contributed by atoms with Crippen LogP contribution in [0.5, 0.6) is 5.75 Å². The molecule has 4 nitrogen and oxygen atoms in total. The Labute approximate surface area is 104 Å². The maximum absolute atomic E-state index is 13.4. The van der Waals surface area contributed by atoms with Crippen molar-refractivity contribution in [2.45, 2.75) is 18.9 Å². The van der Waals surface area contributed by atoms with Crippen molar-refractivity contribution in [2.24, 2.45) is 5.92 Å². The van der Waals surface area contributed by atoms with Gasteiger partial charge < -0.3 is 9.47 Å². The quantitative estimate of drug-likeness (QED) is 0.766. The molecule has 1 aliphatic carbocycles. The molecule has 0 heterocycles. The second-order valence-corrected chi connectivity index (χ2v) is 4.12. The Kier molecular flexibility index (Phi) is 3.47. The molecule has 0 N–H and O–H groups in total. The molecular weight excluding hydrogens is 237 g/mol. The maximum Gasteiger partial charge on any atom is 0.347 e. The first-order valence-corrected chi connectivity index (χ1v) is 5.60. The van der Waals surface area contributed by atoms with Crippen LogP contribution in [-0.4, -0.2) is 19.2 Å². The van der Waals surface area contributed by atoms with E-state index in [0.29, 0.717) is 0 Å². The minimum absolute atomic E-state index is 0.0831. The molecule has 0 aliphatic heterocycles. The lowest BCUT2D eigenvalue weighted by molar-refractivity contribution is -0.149. The molecule has 1 atom stereocenters. The van der Waals surface area contributed by atoms with Gasteiger partial charge in [0, 0.05) is 5.92 Å². The molecule has 1 fully saturated rings. The van der Waals surface area contributed by atoms with E-state index >= 15 is 0 Å². The first kappa shape index (κ1) is 12.4. The molecule has 1 saturated carbocycles. The van der Waals surface area contributed by atoms with Crippen molar-refractivity contribution >= 4 is 5.97 Å². The summed E-state index contributed by atoms with van der Waals surface area (Å²) in [6, 6.07) is 5.82. The van der Waals surface area contributed by atoms with Gasteiger partial charge in [0.25, 0.3) is 0 Å². The number of benzene rings is 1. The molecule has 0 spiro atoms. The second-order valence-electron chi connectivity index (χ2n) is 4.12. The molecule has 1 unspecified atom stereocenters. The van der Waals surface area contributed by atoms with Crippen LogP contribution in [0.3, 0.4) is 0 Å². The summed E-state index contributed by atoms with van der Waals surface area (Å²) in [6.07, 6.45) is 0.984. The summed E-state index contributed by atoms with van der Waals surface area (Å²) in [6.45, 7) is 0. The molecule has 1 aromatic rings. The molecule has 5 heteroatoms. The predicted octanol–water partition coefficient (Wildman–Crippen LogP) is 2.03. The molecule has 94 valence electrons. The van der Waals surface area contributed by atoms with Crippen molar-refractivity contribution in [3.8, 4) is 11.8 Å². The van der Waals surface area contributed by atoms with Gasteiger partial charge in [-0.3, -0.25) is 0 Å². The molecule has 0 saturated heterocycles. The number of nitriles is 1. The third kappa shape index (κ3) is 2.43. The lowest BCUT2D eigenvalue weighted by Crippen LogP contribution is -2.31. The topological polar surface area (TPSA) is 59.3 Å². The normalized spacial score (nSPS) is 15.6. The Morgan fingerprint density at radius 1 is 1.56 bits per heavy atom. The van der Waals surface area contributed by atoms with Gasteiger partial charge in [-0.2, -0.15) is 5.26 Å². The molecule has 1 aromatic carbocycles. The summed E-state index contributed by atoms with van der Waals surface area (Å²) in [5.74, 6) is -0.980. The fourth-order valence-electron chi connectivity index (χ4n) is 1.70. The van der Waals surface area contributed by atoms with Gasteiger partial charge in [0.2, 0.25) is 0 Å². The first-order chi connectivity index (χ1) is 8.67. The Morgan fingerprint density at radius 3 is 2.83 bits per heavy atom. The van der Waals surface area contributed by atoms with Crippen molar-refractivity contribution in [1.29, 1.82) is 5.26 Å². The summed E-state index contributed by atoms with van der Waals surface area (Å²) in [7, 11) is 1.28. The largest absolute Gasteiger partial charge is 0.477 e. The van der Waals surface area contributed by atoms with Gasteiger partial charge in [0.1, 0.15) is 23.2 Å². The molecule has 0 bridgehead atoms. The van der Waals surface area contributed by atoms with Gasteiger partial charge in [-0.05, 0) is 25.0 Å². The van der Waals surface area contributed by atoms with Crippen LogP contribution in [0, 0.1) is 23.1 Å². The van der Waals surface area contributed by atoms with Crippen molar-refractivity contribution in [3.05, 3.63) is 29.6 Å². The number of methoxy groups -OCH3 is 1. The van der Waals surface area contributed by atoms with E-state index in [1.807, 2.05) is 0 Å². The zero-order valence-corrected chi connectivity index (χ0v) is 9.85. The van der Waals surface area contributed by atoms with E-state index in [9.17, 15) is 9.18 Å². The van der Waals surface area contributed by atoms with E-state index in [4.69, 9.17) is 10.00 Å². The van der Waals surface area contributed by atoms with Gasteiger partial charge in [0.05, 0.1) is 7.11 Å². The minimum Gasteiger partial charge on any atom is -0.477 e. The van der Waals surface area contributed by atoms with Crippen molar-refractivity contribution < 1.29 is 18.7 Å². The molecule has 0 radical (unpaired) electrons. The molecular formula is C13H12FNO3. The molecule has 0 amide bonds. The highest BCUT2D eigenvalue weighted by Crippen LogP contribution is 2.36. The van der Waals surface area contributed by atoms with Crippen LogP contribution in [0.25, 0.3) is 0 Å². The zero-order chi connectivity index (χ0) is 13.1. The van der Waals surface area contributed by atoms with E-state index in [0.717, 1.165) is 12.8 Å². The number of halogens is 1. The Hall–Kier alpha value is -2.09. The van der Waals surface area contributed by atoms with Crippen molar-refractivity contribution in [1.82, 2.24) is 0 Å². The van der Waals surface area contributed by atoms with Crippen LogP contribution in [0.1, 0.15) is 18.4 Å². The highest BCUT2D eigenvalue weighted by Gasteiger charge is 2.39. The lowest BCUT2D eigenvalue weighted by atomic mass is 10.2. The number of hydrogen-bond acceptors (Lipinski definition) is 4. The summed E-state index contributed by atoms with van der Waals surface area (Å²) < 4.78 is 23.5. The summed E-state index contributed by atoms with van der Waals surface area (Å²) >= 11 is 0.